The number of esters is 2. The molecule has 1 aliphatic carbocycles. The number of ether oxygens (including phenoxy) is 3. The fourth-order valence-corrected chi connectivity index (χ4v) is 8.79. The van der Waals surface area contributed by atoms with Crippen molar-refractivity contribution in [3.8, 4) is 0 Å². The summed E-state index contributed by atoms with van der Waals surface area (Å²) in [5.74, 6) is -1.33. The van der Waals surface area contributed by atoms with E-state index in [0.717, 1.165) is 70.6 Å². The highest BCUT2D eigenvalue weighted by atomic mass is 31.2. The number of unbranched alkanes of at least 4 members (excludes halogenated alkanes) is 10. The fourth-order valence-electron chi connectivity index (χ4n) is 7.25. The van der Waals surface area contributed by atoms with Crippen LogP contribution in [0.25, 0.3) is 0 Å². The molecule has 0 radical (unpaired) electrons. The molecule has 2 fully saturated rings. The number of carbonyl (C=O) groups excluding carboxylic acids is 2. The zero-order valence-corrected chi connectivity index (χ0v) is 42.0. The average Bonchev–Trinajstić information content (AvgIpc) is 4.05. The summed E-state index contributed by atoms with van der Waals surface area (Å²) >= 11 is 0. The van der Waals surface area contributed by atoms with E-state index >= 15 is 0 Å². The molecule has 0 aromatic heterocycles. The predicted molar refractivity (Wildman–Crippen MR) is 259 cm³/mol. The topological polar surface area (TPSA) is 269 Å². The SMILES string of the molecule is CCCCC/C=C\C/C=C\C/C=C\C/C=C\C/C=C\CCC(=O)OC[C@H](COP(=O)(O)O[C@H]1C(O)C(O)C(O)[C@@H](OP(=O)(O)O)C1O)OC(=O)CCCCCCCC1OC1C/C=C\CCCCC. The molecule has 19 heteroatoms. The summed E-state index contributed by atoms with van der Waals surface area (Å²) in [6.07, 6.45) is 30.3. The first-order valence-electron chi connectivity index (χ1n) is 24.6. The predicted octanol–water partition coefficient (Wildman–Crippen LogP) is 8.61. The number of epoxide rings is 1. The molecule has 68 heavy (non-hydrogen) atoms. The maximum atomic E-state index is 13.0. The van der Waals surface area contributed by atoms with E-state index in [0.29, 0.717) is 31.5 Å². The summed E-state index contributed by atoms with van der Waals surface area (Å²) in [5, 5.41) is 41.3. The van der Waals surface area contributed by atoms with Crippen LogP contribution in [-0.4, -0.2) is 115 Å². The van der Waals surface area contributed by atoms with Crippen LogP contribution >= 0.6 is 15.6 Å². The molecule has 17 nitrogen and oxygen atoms in total. The highest BCUT2D eigenvalue weighted by Crippen LogP contribution is 2.49. The van der Waals surface area contributed by atoms with Crippen molar-refractivity contribution in [1.29, 1.82) is 0 Å². The van der Waals surface area contributed by atoms with E-state index in [9.17, 15) is 53.8 Å². The monoisotopic (exact) mass is 1000 g/mol. The minimum absolute atomic E-state index is 0.00199. The largest absolute Gasteiger partial charge is 0.472 e. The van der Waals surface area contributed by atoms with Gasteiger partial charge in [0.1, 0.15) is 43.2 Å². The van der Waals surface area contributed by atoms with Crippen LogP contribution in [-0.2, 0) is 46.5 Å². The van der Waals surface area contributed by atoms with Gasteiger partial charge in [-0.25, -0.2) is 9.13 Å². The Morgan fingerprint density at radius 3 is 1.63 bits per heavy atom. The third-order valence-electron chi connectivity index (χ3n) is 11.2. The van der Waals surface area contributed by atoms with E-state index < -0.39 is 83.5 Å². The van der Waals surface area contributed by atoms with Gasteiger partial charge in [-0.15, -0.1) is 0 Å². The molecule has 0 amide bonds. The summed E-state index contributed by atoms with van der Waals surface area (Å²) in [6.45, 7) is 2.96. The van der Waals surface area contributed by atoms with Crippen molar-refractivity contribution < 1.29 is 81.6 Å². The normalized spacial score (nSPS) is 24.8. The van der Waals surface area contributed by atoms with Gasteiger partial charge in [0.15, 0.2) is 6.10 Å². The summed E-state index contributed by atoms with van der Waals surface area (Å²) in [7, 11) is -10.7. The Hall–Kier alpha value is -2.60. The Labute approximate surface area is 404 Å². The Kier molecular flexibility index (Phi) is 32.9. The summed E-state index contributed by atoms with van der Waals surface area (Å²) in [6, 6.07) is 0. The number of hydrogen-bond donors (Lipinski definition) is 7. The van der Waals surface area contributed by atoms with Crippen LogP contribution < -0.4 is 0 Å². The first-order chi connectivity index (χ1) is 32.6. The van der Waals surface area contributed by atoms with Crippen molar-refractivity contribution in [2.24, 2.45) is 0 Å². The van der Waals surface area contributed by atoms with Crippen LogP contribution in [0.2, 0.25) is 0 Å². The molecule has 0 bridgehead atoms. The van der Waals surface area contributed by atoms with Crippen molar-refractivity contribution in [3.05, 3.63) is 72.9 Å². The lowest BCUT2D eigenvalue weighted by Crippen LogP contribution is -2.64. The average molecular weight is 1010 g/mol. The van der Waals surface area contributed by atoms with Gasteiger partial charge in [-0.05, 0) is 77.0 Å². The van der Waals surface area contributed by atoms with Crippen LogP contribution in [0.5, 0.6) is 0 Å². The molecule has 0 spiro atoms. The minimum Gasteiger partial charge on any atom is -0.462 e. The van der Waals surface area contributed by atoms with Gasteiger partial charge in [0.2, 0.25) is 0 Å². The van der Waals surface area contributed by atoms with E-state index in [4.69, 9.17) is 23.3 Å². The Morgan fingerprint density at radius 2 is 1.06 bits per heavy atom. The molecule has 10 atom stereocenters. The molecule has 2 aliphatic rings. The van der Waals surface area contributed by atoms with Gasteiger partial charge >= 0.3 is 27.6 Å². The van der Waals surface area contributed by atoms with Gasteiger partial charge in [0, 0.05) is 12.8 Å². The van der Waals surface area contributed by atoms with Crippen LogP contribution in [0.1, 0.15) is 155 Å². The fraction of sp³-hybridized carbons (Fsp3) is 0.714. The number of allylic oxidation sites excluding steroid dienone is 11. The van der Waals surface area contributed by atoms with E-state index in [1.807, 2.05) is 18.2 Å². The van der Waals surface area contributed by atoms with E-state index in [1.54, 1.807) is 0 Å². The zero-order chi connectivity index (χ0) is 50.0. The van der Waals surface area contributed by atoms with Crippen molar-refractivity contribution in [2.45, 2.75) is 210 Å². The number of aliphatic hydroxyl groups excluding tert-OH is 4. The van der Waals surface area contributed by atoms with Gasteiger partial charge in [-0.3, -0.25) is 23.2 Å². The van der Waals surface area contributed by atoms with Crippen LogP contribution in [0, 0.1) is 0 Å². The first-order valence-corrected chi connectivity index (χ1v) is 27.6. The molecule has 7 unspecified atom stereocenters. The molecule has 1 saturated heterocycles. The van der Waals surface area contributed by atoms with Crippen LogP contribution in [0.4, 0.5) is 0 Å². The Morgan fingerprint density at radius 1 is 0.544 bits per heavy atom. The van der Waals surface area contributed by atoms with Crippen molar-refractivity contribution >= 4 is 27.6 Å². The van der Waals surface area contributed by atoms with E-state index in [2.05, 4.69) is 73.1 Å². The lowest BCUT2D eigenvalue weighted by molar-refractivity contribution is -0.216. The van der Waals surface area contributed by atoms with Crippen molar-refractivity contribution in [1.82, 2.24) is 0 Å². The van der Waals surface area contributed by atoms with Crippen LogP contribution in [0.15, 0.2) is 72.9 Å². The van der Waals surface area contributed by atoms with E-state index in [1.165, 1.54) is 38.5 Å². The molecule has 1 aliphatic heterocycles. The third kappa shape index (κ3) is 29.6. The number of carbonyl (C=O) groups is 2. The second-order valence-corrected chi connectivity index (χ2v) is 19.8. The number of phosphoric ester groups is 2. The van der Waals surface area contributed by atoms with Gasteiger partial charge < -0.3 is 49.3 Å². The lowest BCUT2D eigenvalue weighted by Gasteiger charge is -2.43. The van der Waals surface area contributed by atoms with Gasteiger partial charge in [0.25, 0.3) is 0 Å². The Balaban J connectivity index is 1.82. The second kappa shape index (κ2) is 36.3. The maximum absolute atomic E-state index is 13.0. The number of hydrogen-bond acceptors (Lipinski definition) is 14. The van der Waals surface area contributed by atoms with E-state index in [-0.39, 0.29) is 12.8 Å². The number of phosphoric acid groups is 2. The van der Waals surface area contributed by atoms with Crippen LogP contribution in [0.3, 0.4) is 0 Å². The molecular weight excluding hydrogens is 922 g/mol. The van der Waals surface area contributed by atoms with Gasteiger partial charge in [-0.2, -0.15) is 0 Å². The van der Waals surface area contributed by atoms with Gasteiger partial charge in [0.05, 0.1) is 18.8 Å². The second-order valence-electron chi connectivity index (χ2n) is 17.2. The highest BCUT2D eigenvalue weighted by Gasteiger charge is 2.54. The standard InChI is InChI=1S/C49H82O17P2/c1-3-5-7-9-11-12-13-14-15-16-17-18-19-20-21-22-23-27-31-35-42(50)61-37-39(38-62-68(59,60)66-49-46(54)44(52)45(53)48(47(49)55)65-67(56,57)58)63-43(51)36-32-28-24-26-30-34-41-40(64-41)33-29-25-10-8-6-4-2/h11-12,14-15,17-18,20-21,23,25,27,29,39-41,44-49,52-55H,3-10,13,16,19,22,24,26,28,30-38H2,1-2H3,(H,59,60)(H2,56,57,58)/b12-11-,15-14-,18-17-,21-20-,27-23-,29-25-/t39-,40?,41?,44?,45?,46?,47?,48-,49+/m1/s1. The molecule has 0 aromatic carbocycles. The summed E-state index contributed by atoms with van der Waals surface area (Å²) in [5.41, 5.74) is 0. The number of aliphatic hydroxyl groups is 4. The molecular formula is C49H82O17P2. The van der Waals surface area contributed by atoms with Gasteiger partial charge in [-0.1, -0.05) is 138 Å². The molecule has 2 rings (SSSR count). The third-order valence-corrected chi connectivity index (χ3v) is 12.7. The molecule has 390 valence electrons. The number of rotatable bonds is 39. The smallest absolute Gasteiger partial charge is 0.462 e. The summed E-state index contributed by atoms with van der Waals surface area (Å²) < 4.78 is 55.1. The highest BCUT2D eigenvalue weighted by molar-refractivity contribution is 7.47. The molecule has 0 aromatic rings. The molecule has 7 N–H and O–H groups in total. The Bertz CT molecular complexity index is 1660. The maximum Gasteiger partial charge on any atom is 0.472 e. The molecule has 1 heterocycles. The zero-order valence-electron chi connectivity index (χ0n) is 40.2. The molecule has 1 saturated carbocycles. The lowest BCUT2D eigenvalue weighted by atomic mass is 9.85. The summed E-state index contributed by atoms with van der Waals surface area (Å²) in [4.78, 5) is 54.3. The van der Waals surface area contributed by atoms with Crippen molar-refractivity contribution in [2.75, 3.05) is 13.2 Å². The quantitative estimate of drug-likeness (QED) is 0.00998. The first kappa shape index (κ1) is 61.5. The van der Waals surface area contributed by atoms with Crippen molar-refractivity contribution in [3.63, 3.8) is 0 Å². The minimum atomic E-state index is -5.38.